The maximum Gasteiger partial charge on any atom is 0.205 e. The third-order valence-corrected chi connectivity index (χ3v) is 2.98. The average molecular weight is 227 g/mol. The highest BCUT2D eigenvalue weighted by Crippen LogP contribution is 2.07. The number of carbonyl (C=O) groups is 1. The van der Waals surface area contributed by atoms with Crippen LogP contribution in [0.4, 0.5) is 0 Å². The van der Waals surface area contributed by atoms with Crippen LogP contribution in [0, 0.1) is 0 Å². The lowest BCUT2D eigenvalue weighted by molar-refractivity contribution is 0.0909. The van der Waals surface area contributed by atoms with Gasteiger partial charge in [0.05, 0.1) is 6.54 Å². The van der Waals surface area contributed by atoms with Gasteiger partial charge in [0.2, 0.25) is 5.78 Å². The molecular weight excluding hydrogens is 210 g/mol. The molecule has 1 aromatic heterocycles. The standard InChI is InChI=1S/C10H17N3OS/c1-8(2)13(5-3-11)7-9(14)10-12-4-6-15-10/h4,6,8H,3,5,7,11H2,1-2H3. The molecule has 0 unspecified atom stereocenters. The van der Waals surface area contributed by atoms with Crippen LogP contribution in [0.5, 0.6) is 0 Å². The van der Waals surface area contributed by atoms with Gasteiger partial charge in [-0.05, 0) is 13.8 Å². The molecule has 1 aromatic rings. The Hall–Kier alpha value is -0.780. The molecule has 0 saturated heterocycles. The second-order valence-corrected chi connectivity index (χ2v) is 4.51. The van der Waals surface area contributed by atoms with Gasteiger partial charge in [-0.15, -0.1) is 11.3 Å². The topological polar surface area (TPSA) is 59.2 Å². The van der Waals surface area contributed by atoms with Gasteiger partial charge in [0.25, 0.3) is 0 Å². The molecule has 1 heterocycles. The first-order valence-corrected chi connectivity index (χ1v) is 5.90. The van der Waals surface area contributed by atoms with Crippen LogP contribution in [0.15, 0.2) is 11.6 Å². The number of Topliss-reactive ketones (excluding diaryl/α,β-unsaturated/α-hetero) is 1. The fraction of sp³-hybridized carbons (Fsp3) is 0.600. The van der Waals surface area contributed by atoms with Crippen molar-refractivity contribution in [1.82, 2.24) is 9.88 Å². The van der Waals surface area contributed by atoms with Gasteiger partial charge >= 0.3 is 0 Å². The maximum absolute atomic E-state index is 11.8. The first-order valence-electron chi connectivity index (χ1n) is 5.02. The molecule has 0 aliphatic heterocycles. The minimum Gasteiger partial charge on any atom is -0.329 e. The molecule has 0 atom stereocenters. The van der Waals surface area contributed by atoms with E-state index in [0.717, 1.165) is 6.54 Å². The predicted octanol–water partition coefficient (Wildman–Crippen LogP) is 0.995. The van der Waals surface area contributed by atoms with Gasteiger partial charge in [-0.1, -0.05) is 0 Å². The van der Waals surface area contributed by atoms with Crippen molar-refractivity contribution in [1.29, 1.82) is 0 Å². The zero-order valence-electron chi connectivity index (χ0n) is 9.14. The molecule has 0 radical (unpaired) electrons. The summed E-state index contributed by atoms with van der Waals surface area (Å²) < 4.78 is 0. The minimum atomic E-state index is 0.0761. The number of nitrogens with two attached hydrogens (primary N) is 1. The lowest BCUT2D eigenvalue weighted by Crippen LogP contribution is -2.39. The fourth-order valence-electron chi connectivity index (χ4n) is 1.30. The lowest BCUT2D eigenvalue weighted by Gasteiger charge is -2.24. The van der Waals surface area contributed by atoms with Crippen LogP contribution in [-0.4, -0.2) is 41.3 Å². The summed E-state index contributed by atoms with van der Waals surface area (Å²) in [4.78, 5) is 17.8. The SMILES string of the molecule is CC(C)N(CCN)CC(=O)c1nccs1. The van der Waals surface area contributed by atoms with Gasteiger partial charge < -0.3 is 5.73 Å². The van der Waals surface area contributed by atoms with Crippen LogP contribution >= 0.6 is 11.3 Å². The number of hydrogen-bond donors (Lipinski definition) is 1. The van der Waals surface area contributed by atoms with Crippen LogP contribution in [0.3, 0.4) is 0 Å². The van der Waals surface area contributed by atoms with Crippen LogP contribution in [-0.2, 0) is 0 Å². The number of ketones is 1. The molecule has 0 saturated carbocycles. The molecule has 5 heteroatoms. The van der Waals surface area contributed by atoms with Gasteiger partial charge in [-0.2, -0.15) is 0 Å². The van der Waals surface area contributed by atoms with Crippen molar-refractivity contribution in [2.45, 2.75) is 19.9 Å². The van der Waals surface area contributed by atoms with Crippen LogP contribution < -0.4 is 5.73 Å². The highest BCUT2D eigenvalue weighted by molar-refractivity contribution is 7.11. The Morgan fingerprint density at radius 3 is 2.87 bits per heavy atom. The summed E-state index contributed by atoms with van der Waals surface area (Å²) in [6, 6.07) is 0.331. The molecule has 84 valence electrons. The van der Waals surface area contributed by atoms with Gasteiger partial charge in [0.15, 0.2) is 5.01 Å². The Kier molecular flexibility index (Phi) is 4.87. The summed E-state index contributed by atoms with van der Waals surface area (Å²) in [5.74, 6) is 0.0761. The van der Waals surface area contributed by atoms with Crippen molar-refractivity contribution in [2.24, 2.45) is 5.73 Å². The number of hydrogen-bond acceptors (Lipinski definition) is 5. The Balaban J connectivity index is 2.55. The van der Waals surface area contributed by atoms with Gasteiger partial charge in [-0.3, -0.25) is 9.69 Å². The molecule has 0 bridgehead atoms. The Morgan fingerprint density at radius 1 is 1.67 bits per heavy atom. The average Bonchev–Trinajstić information content (AvgIpc) is 2.69. The number of thiazole rings is 1. The van der Waals surface area contributed by atoms with Crippen molar-refractivity contribution in [3.05, 3.63) is 16.6 Å². The summed E-state index contributed by atoms with van der Waals surface area (Å²) in [5, 5.41) is 2.40. The van der Waals surface area contributed by atoms with E-state index < -0.39 is 0 Å². The molecule has 0 fully saturated rings. The molecule has 0 spiro atoms. The molecule has 0 aromatic carbocycles. The quantitative estimate of drug-likeness (QED) is 0.736. The molecule has 4 nitrogen and oxygen atoms in total. The number of nitrogens with zero attached hydrogens (tertiary/aromatic N) is 2. The molecule has 0 aliphatic carbocycles. The normalized spacial score (nSPS) is 11.3. The highest BCUT2D eigenvalue weighted by atomic mass is 32.1. The minimum absolute atomic E-state index is 0.0761. The third-order valence-electron chi connectivity index (χ3n) is 2.16. The summed E-state index contributed by atoms with van der Waals surface area (Å²) in [6.07, 6.45) is 1.65. The fourth-order valence-corrected chi connectivity index (χ4v) is 1.87. The van der Waals surface area contributed by atoms with Crippen LogP contribution in [0.2, 0.25) is 0 Å². The van der Waals surface area contributed by atoms with E-state index in [9.17, 15) is 4.79 Å². The maximum atomic E-state index is 11.8. The van der Waals surface area contributed by atoms with Crippen molar-refractivity contribution in [3.8, 4) is 0 Å². The van der Waals surface area contributed by atoms with E-state index in [1.54, 1.807) is 6.20 Å². The number of rotatable bonds is 6. The van der Waals surface area contributed by atoms with E-state index in [-0.39, 0.29) is 5.78 Å². The van der Waals surface area contributed by atoms with Crippen LogP contribution in [0.25, 0.3) is 0 Å². The third kappa shape index (κ3) is 3.70. The summed E-state index contributed by atoms with van der Waals surface area (Å²) in [6.45, 7) is 5.84. The monoisotopic (exact) mass is 227 g/mol. The van der Waals surface area contributed by atoms with Crippen molar-refractivity contribution >= 4 is 17.1 Å². The Labute approximate surface area is 94.1 Å². The molecule has 1 rings (SSSR count). The number of aromatic nitrogens is 1. The second kappa shape index (κ2) is 5.95. The Morgan fingerprint density at radius 2 is 2.40 bits per heavy atom. The first kappa shape index (κ1) is 12.3. The van der Waals surface area contributed by atoms with E-state index >= 15 is 0 Å². The molecule has 15 heavy (non-hydrogen) atoms. The molecular formula is C10H17N3OS. The highest BCUT2D eigenvalue weighted by Gasteiger charge is 2.15. The van der Waals surface area contributed by atoms with Crippen molar-refractivity contribution in [2.75, 3.05) is 19.6 Å². The van der Waals surface area contributed by atoms with Gasteiger partial charge in [0.1, 0.15) is 0 Å². The lowest BCUT2D eigenvalue weighted by atomic mass is 10.2. The van der Waals surface area contributed by atoms with Crippen molar-refractivity contribution < 1.29 is 4.79 Å². The zero-order chi connectivity index (χ0) is 11.3. The van der Waals surface area contributed by atoms with Gasteiger partial charge in [0, 0.05) is 30.7 Å². The molecule has 2 N–H and O–H groups in total. The van der Waals surface area contributed by atoms with Crippen LogP contribution in [0.1, 0.15) is 23.6 Å². The number of carbonyl (C=O) groups excluding carboxylic acids is 1. The molecule has 0 amide bonds. The van der Waals surface area contributed by atoms with E-state index in [4.69, 9.17) is 5.73 Å². The first-order chi connectivity index (χ1) is 7.15. The summed E-state index contributed by atoms with van der Waals surface area (Å²) in [7, 11) is 0. The van der Waals surface area contributed by atoms with Crippen molar-refractivity contribution in [3.63, 3.8) is 0 Å². The Bertz CT molecular complexity index is 298. The largest absolute Gasteiger partial charge is 0.329 e. The van der Waals surface area contributed by atoms with E-state index in [0.29, 0.717) is 24.1 Å². The van der Waals surface area contributed by atoms with E-state index in [2.05, 4.69) is 23.7 Å². The van der Waals surface area contributed by atoms with E-state index in [1.807, 2.05) is 5.38 Å². The summed E-state index contributed by atoms with van der Waals surface area (Å²) in [5.41, 5.74) is 5.50. The van der Waals surface area contributed by atoms with E-state index in [1.165, 1.54) is 11.3 Å². The second-order valence-electron chi connectivity index (χ2n) is 3.61. The predicted molar refractivity (Wildman–Crippen MR) is 62.2 cm³/mol. The smallest absolute Gasteiger partial charge is 0.205 e. The molecule has 0 aliphatic rings. The van der Waals surface area contributed by atoms with Gasteiger partial charge in [-0.25, -0.2) is 4.98 Å². The summed E-state index contributed by atoms with van der Waals surface area (Å²) >= 11 is 1.38. The zero-order valence-corrected chi connectivity index (χ0v) is 9.96.